The summed E-state index contributed by atoms with van der Waals surface area (Å²) in [6, 6.07) is 5.53. The highest BCUT2D eigenvalue weighted by molar-refractivity contribution is 6.32. The third-order valence-electron chi connectivity index (χ3n) is 2.01. The highest BCUT2D eigenvalue weighted by Gasteiger charge is 2.08. The van der Waals surface area contributed by atoms with Crippen LogP contribution >= 0.6 is 11.6 Å². The average molecular weight is 243 g/mol. The maximum Gasteiger partial charge on any atom is 0.220 e. The fraction of sp³-hybridized carbons (Fsp3) is 0.364. The zero-order valence-electron chi connectivity index (χ0n) is 9.13. The molecule has 0 unspecified atom stereocenters. The van der Waals surface area contributed by atoms with E-state index in [9.17, 15) is 4.79 Å². The number of amides is 1. The lowest BCUT2D eigenvalue weighted by Crippen LogP contribution is -2.15. The number of carbonyl (C=O) groups is 1. The minimum absolute atomic E-state index is 0.185. The first-order valence-electron chi connectivity index (χ1n) is 4.98. The first-order chi connectivity index (χ1) is 7.65. The van der Waals surface area contributed by atoms with Crippen LogP contribution in [0.2, 0.25) is 5.02 Å². The molecule has 0 saturated carbocycles. The van der Waals surface area contributed by atoms with Crippen molar-refractivity contribution in [2.75, 3.05) is 13.7 Å². The van der Waals surface area contributed by atoms with Gasteiger partial charge >= 0.3 is 0 Å². The Morgan fingerprint density at radius 1 is 1.56 bits per heavy atom. The van der Waals surface area contributed by atoms with Crippen molar-refractivity contribution >= 4 is 17.5 Å². The van der Waals surface area contributed by atoms with Gasteiger partial charge in [0.05, 0.1) is 18.1 Å². The summed E-state index contributed by atoms with van der Waals surface area (Å²) < 4.78 is 5.46. The van der Waals surface area contributed by atoms with E-state index in [1.54, 1.807) is 6.07 Å². The van der Waals surface area contributed by atoms with Crippen molar-refractivity contribution in [3.05, 3.63) is 28.8 Å². The summed E-state index contributed by atoms with van der Waals surface area (Å²) >= 11 is 6.01. The van der Waals surface area contributed by atoms with E-state index in [2.05, 4.69) is 5.32 Å². The number of primary amides is 1. The highest BCUT2D eigenvalue weighted by atomic mass is 35.5. The minimum Gasteiger partial charge on any atom is -0.491 e. The Bertz CT molecular complexity index is 369. The molecule has 0 heterocycles. The molecule has 0 fully saturated rings. The molecule has 0 aliphatic rings. The van der Waals surface area contributed by atoms with Crippen LogP contribution < -0.4 is 15.8 Å². The lowest BCUT2D eigenvalue weighted by Gasteiger charge is -2.12. The van der Waals surface area contributed by atoms with Crippen molar-refractivity contribution in [2.45, 2.75) is 13.0 Å². The summed E-state index contributed by atoms with van der Waals surface area (Å²) in [5, 5.41) is 3.56. The number of hydrogen-bond donors (Lipinski definition) is 2. The second-order valence-corrected chi connectivity index (χ2v) is 3.73. The molecule has 0 atom stereocenters. The van der Waals surface area contributed by atoms with Gasteiger partial charge in [0.15, 0.2) is 0 Å². The van der Waals surface area contributed by atoms with E-state index >= 15 is 0 Å². The predicted octanol–water partition coefficient (Wildman–Crippen LogP) is 1.31. The molecule has 0 aliphatic carbocycles. The van der Waals surface area contributed by atoms with Crippen LogP contribution in [0.3, 0.4) is 0 Å². The second kappa shape index (κ2) is 6.35. The molecule has 0 spiro atoms. The third-order valence-corrected chi connectivity index (χ3v) is 2.31. The van der Waals surface area contributed by atoms with E-state index in [0.29, 0.717) is 17.3 Å². The van der Waals surface area contributed by atoms with Crippen molar-refractivity contribution in [1.29, 1.82) is 0 Å². The van der Waals surface area contributed by atoms with Crippen molar-refractivity contribution in [2.24, 2.45) is 5.73 Å². The molecule has 0 aliphatic heterocycles. The normalized spacial score (nSPS) is 10.1. The van der Waals surface area contributed by atoms with Crippen LogP contribution in [0, 0.1) is 0 Å². The summed E-state index contributed by atoms with van der Waals surface area (Å²) in [5.74, 6) is 0.224. The van der Waals surface area contributed by atoms with Gasteiger partial charge in [-0.1, -0.05) is 23.7 Å². The topological polar surface area (TPSA) is 64.3 Å². The lowest BCUT2D eigenvalue weighted by molar-refractivity contribution is -0.118. The number of halogens is 1. The first kappa shape index (κ1) is 12.8. The number of carbonyl (C=O) groups excluding carboxylic acids is 1. The van der Waals surface area contributed by atoms with Gasteiger partial charge in [0, 0.05) is 12.1 Å². The molecule has 1 amide bonds. The van der Waals surface area contributed by atoms with Crippen LogP contribution in [0.25, 0.3) is 0 Å². The Morgan fingerprint density at radius 2 is 2.31 bits per heavy atom. The van der Waals surface area contributed by atoms with E-state index in [1.807, 2.05) is 19.2 Å². The van der Waals surface area contributed by atoms with Crippen molar-refractivity contribution in [3.63, 3.8) is 0 Å². The summed E-state index contributed by atoms with van der Waals surface area (Å²) in [6.07, 6.45) is 0.185. The standard InChI is InChI=1S/C11H15ClN2O2/c1-14-7-8-3-2-4-9(12)11(8)16-6-5-10(13)15/h2-4,14H,5-7H2,1H3,(H2,13,15). The minimum atomic E-state index is -0.387. The molecule has 3 N–H and O–H groups in total. The van der Waals surface area contributed by atoms with Gasteiger partial charge < -0.3 is 15.8 Å². The maximum absolute atomic E-state index is 10.6. The van der Waals surface area contributed by atoms with Crippen LogP contribution in [0.4, 0.5) is 0 Å². The summed E-state index contributed by atoms with van der Waals surface area (Å²) in [5.41, 5.74) is 5.98. The summed E-state index contributed by atoms with van der Waals surface area (Å²) in [7, 11) is 1.84. The number of rotatable bonds is 6. The number of para-hydroxylation sites is 1. The Labute approximate surface area is 99.7 Å². The second-order valence-electron chi connectivity index (χ2n) is 3.32. The smallest absolute Gasteiger partial charge is 0.220 e. The molecular formula is C11H15ClN2O2. The van der Waals surface area contributed by atoms with Crippen LogP contribution in [0.5, 0.6) is 5.75 Å². The highest BCUT2D eigenvalue weighted by Crippen LogP contribution is 2.28. The van der Waals surface area contributed by atoms with E-state index in [0.717, 1.165) is 5.56 Å². The zero-order valence-corrected chi connectivity index (χ0v) is 9.88. The molecule has 5 heteroatoms. The van der Waals surface area contributed by atoms with Crippen molar-refractivity contribution < 1.29 is 9.53 Å². The fourth-order valence-corrected chi connectivity index (χ4v) is 1.55. The van der Waals surface area contributed by atoms with Gasteiger partial charge in [-0.15, -0.1) is 0 Å². The van der Waals surface area contributed by atoms with Gasteiger partial charge in [-0.2, -0.15) is 0 Å². The molecule has 16 heavy (non-hydrogen) atoms. The zero-order chi connectivity index (χ0) is 12.0. The van der Waals surface area contributed by atoms with Crippen molar-refractivity contribution in [3.8, 4) is 5.75 Å². The predicted molar refractivity (Wildman–Crippen MR) is 63.5 cm³/mol. The molecular weight excluding hydrogens is 228 g/mol. The monoisotopic (exact) mass is 242 g/mol. The lowest BCUT2D eigenvalue weighted by atomic mass is 10.2. The van der Waals surface area contributed by atoms with E-state index < -0.39 is 0 Å². The molecule has 0 aromatic heterocycles. The molecule has 1 rings (SSSR count). The largest absolute Gasteiger partial charge is 0.491 e. The van der Waals surface area contributed by atoms with E-state index in [4.69, 9.17) is 22.1 Å². The van der Waals surface area contributed by atoms with Crippen LogP contribution in [0.1, 0.15) is 12.0 Å². The third kappa shape index (κ3) is 3.72. The Morgan fingerprint density at radius 3 is 2.94 bits per heavy atom. The van der Waals surface area contributed by atoms with Gasteiger partial charge in [-0.25, -0.2) is 0 Å². The molecule has 0 bridgehead atoms. The van der Waals surface area contributed by atoms with E-state index in [1.165, 1.54) is 0 Å². The number of nitrogens with two attached hydrogens (primary N) is 1. The number of ether oxygens (including phenoxy) is 1. The maximum atomic E-state index is 10.6. The van der Waals surface area contributed by atoms with Gasteiger partial charge in [0.2, 0.25) is 5.91 Å². The molecule has 0 radical (unpaired) electrons. The number of benzene rings is 1. The Hall–Kier alpha value is -1.26. The van der Waals surface area contributed by atoms with E-state index in [-0.39, 0.29) is 18.9 Å². The molecule has 88 valence electrons. The first-order valence-corrected chi connectivity index (χ1v) is 5.36. The molecule has 4 nitrogen and oxygen atoms in total. The average Bonchev–Trinajstić information content (AvgIpc) is 2.22. The Balaban J connectivity index is 2.71. The molecule has 0 saturated heterocycles. The number of nitrogens with one attached hydrogen (secondary N) is 1. The Kier molecular flexibility index (Phi) is 5.08. The van der Waals surface area contributed by atoms with Gasteiger partial charge in [-0.3, -0.25) is 4.79 Å². The SMILES string of the molecule is CNCc1cccc(Cl)c1OCCC(N)=O. The quantitative estimate of drug-likeness (QED) is 0.791. The van der Waals surface area contributed by atoms with Gasteiger partial charge in [0.25, 0.3) is 0 Å². The van der Waals surface area contributed by atoms with Crippen LogP contribution in [0.15, 0.2) is 18.2 Å². The van der Waals surface area contributed by atoms with Crippen molar-refractivity contribution in [1.82, 2.24) is 5.32 Å². The van der Waals surface area contributed by atoms with Crippen LogP contribution in [-0.2, 0) is 11.3 Å². The fourth-order valence-electron chi connectivity index (χ4n) is 1.30. The summed E-state index contributed by atoms with van der Waals surface area (Å²) in [6.45, 7) is 0.905. The molecule has 1 aromatic carbocycles. The van der Waals surface area contributed by atoms with Crippen LogP contribution in [-0.4, -0.2) is 19.6 Å². The van der Waals surface area contributed by atoms with Gasteiger partial charge in [0.1, 0.15) is 5.75 Å². The van der Waals surface area contributed by atoms with Gasteiger partial charge in [-0.05, 0) is 13.1 Å². The molecule has 1 aromatic rings. The number of hydrogen-bond acceptors (Lipinski definition) is 3. The summed E-state index contributed by atoms with van der Waals surface area (Å²) in [4.78, 5) is 10.6.